The highest BCUT2D eigenvalue weighted by atomic mass is 16.2. The van der Waals surface area contributed by atoms with Crippen LogP contribution >= 0.6 is 0 Å². The second-order valence-electron chi connectivity index (χ2n) is 4.67. The number of nitrogens with one attached hydrogen (secondary N) is 1. The van der Waals surface area contributed by atoms with E-state index in [9.17, 15) is 14.4 Å². The number of carbonyl (C=O) groups excluding carboxylic acids is 3. The zero-order chi connectivity index (χ0) is 13.2. The van der Waals surface area contributed by atoms with Crippen molar-refractivity contribution in [3.8, 4) is 0 Å². The van der Waals surface area contributed by atoms with Crippen LogP contribution in [-0.4, -0.2) is 59.7 Å². The summed E-state index contributed by atoms with van der Waals surface area (Å²) >= 11 is 0. The summed E-state index contributed by atoms with van der Waals surface area (Å²) in [7, 11) is 1.64. The summed E-state index contributed by atoms with van der Waals surface area (Å²) in [6.45, 7) is 5.69. The van der Waals surface area contributed by atoms with Gasteiger partial charge in [0.15, 0.2) is 0 Å². The van der Waals surface area contributed by atoms with Crippen molar-refractivity contribution in [2.24, 2.45) is 0 Å². The van der Waals surface area contributed by atoms with Crippen LogP contribution in [0.2, 0.25) is 0 Å². The lowest BCUT2D eigenvalue weighted by Crippen LogP contribution is -2.64. The van der Waals surface area contributed by atoms with Crippen LogP contribution in [0.15, 0.2) is 0 Å². The van der Waals surface area contributed by atoms with E-state index in [1.807, 2.05) is 6.92 Å². The van der Waals surface area contributed by atoms with Crippen molar-refractivity contribution < 1.29 is 14.4 Å². The zero-order valence-electron chi connectivity index (χ0n) is 10.7. The first-order chi connectivity index (χ1) is 7.79. The number of hydrogen-bond acceptors (Lipinski definition) is 4. The first-order valence-electron chi connectivity index (χ1n) is 5.63. The average Bonchev–Trinajstić information content (AvgIpc) is 2.29. The highest BCUT2D eigenvalue weighted by Gasteiger charge is 2.40. The molecule has 0 saturated carbocycles. The fraction of sp³-hybridized carbons (Fsp3) is 0.727. The van der Waals surface area contributed by atoms with Crippen LogP contribution in [0.4, 0.5) is 0 Å². The lowest BCUT2D eigenvalue weighted by molar-refractivity contribution is -0.156. The maximum Gasteiger partial charge on any atom is 0.249 e. The average molecular weight is 241 g/mol. The van der Waals surface area contributed by atoms with Gasteiger partial charge in [-0.3, -0.25) is 24.6 Å². The Morgan fingerprint density at radius 3 is 2.59 bits per heavy atom. The lowest BCUT2D eigenvalue weighted by Gasteiger charge is -2.36. The van der Waals surface area contributed by atoms with Crippen molar-refractivity contribution in [3.63, 3.8) is 0 Å². The molecular formula is C11H19N3O3. The van der Waals surface area contributed by atoms with Gasteiger partial charge in [-0.1, -0.05) is 0 Å². The quantitative estimate of drug-likeness (QED) is 0.657. The number of imide groups is 1. The molecule has 3 amide bonds. The molecule has 1 saturated heterocycles. The number of rotatable bonds is 3. The summed E-state index contributed by atoms with van der Waals surface area (Å²) in [5, 5.41) is 2.84. The summed E-state index contributed by atoms with van der Waals surface area (Å²) < 4.78 is 0. The predicted molar refractivity (Wildman–Crippen MR) is 62.1 cm³/mol. The molecule has 0 aromatic carbocycles. The minimum absolute atomic E-state index is 0.0852. The molecule has 6 heteroatoms. The minimum Gasteiger partial charge on any atom is -0.344 e. The van der Waals surface area contributed by atoms with Crippen LogP contribution < -0.4 is 5.32 Å². The van der Waals surface area contributed by atoms with Crippen molar-refractivity contribution in [1.82, 2.24) is 15.1 Å². The Balaban J connectivity index is 2.77. The second kappa shape index (κ2) is 4.83. The Morgan fingerprint density at radius 1 is 1.47 bits per heavy atom. The van der Waals surface area contributed by atoms with E-state index in [1.54, 1.807) is 20.9 Å². The highest BCUT2D eigenvalue weighted by Crippen LogP contribution is 2.13. The Hall–Kier alpha value is -1.43. The molecule has 1 aliphatic heterocycles. The normalized spacial score (nSPS) is 19.4. The molecular weight excluding hydrogens is 222 g/mol. The SMILES string of the molecule is CCN(C)C(=O)CN1C(=O)CNC(C)(C)C1=O. The molecule has 1 fully saturated rings. The zero-order valence-corrected chi connectivity index (χ0v) is 10.7. The van der Waals surface area contributed by atoms with Crippen molar-refractivity contribution in [2.45, 2.75) is 26.3 Å². The molecule has 0 aromatic heterocycles. The van der Waals surface area contributed by atoms with Crippen molar-refractivity contribution in [3.05, 3.63) is 0 Å². The largest absolute Gasteiger partial charge is 0.344 e. The molecule has 0 unspecified atom stereocenters. The molecule has 0 aliphatic carbocycles. The smallest absolute Gasteiger partial charge is 0.249 e. The molecule has 6 nitrogen and oxygen atoms in total. The Labute approximate surface area is 101 Å². The molecule has 0 atom stereocenters. The van der Waals surface area contributed by atoms with Gasteiger partial charge in [0.1, 0.15) is 6.54 Å². The number of hydrogen-bond donors (Lipinski definition) is 1. The van der Waals surface area contributed by atoms with Crippen molar-refractivity contribution in [2.75, 3.05) is 26.7 Å². The standard InChI is InChI=1S/C11H19N3O3/c1-5-13(4)9(16)7-14-8(15)6-12-11(2,3)10(14)17/h12H,5-7H2,1-4H3. The van der Waals surface area contributed by atoms with Crippen LogP contribution in [-0.2, 0) is 14.4 Å². The van der Waals surface area contributed by atoms with E-state index in [2.05, 4.69) is 5.32 Å². The summed E-state index contributed by atoms with van der Waals surface area (Å²) in [5.41, 5.74) is -0.793. The number of likely N-dealkylation sites (N-methyl/N-ethyl adjacent to an activating group) is 1. The Bertz CT molecular complexity index is 352. The summed E-state index contributed by atoms with van der Waals surface area (Å²) in [6.07, 6.45) is 0. The number of piperazine rings is 1. The third-order valence-corrected chi connectivity index (χ3v) is 2.96. The monoisotopic (exact) mass is 241 g/mol. The van der Waals surface area contributed by atoms with E-state index in [0.29, 0.717) is 6.54 Å². The molecule has 0 bridgehead atoms. The summed E-state index contributed by atoms with van der Waals surface area (Å²) in [4.78, 5) is 37.8. The van der Waals surface area contributed by atoms with Gasteiger partial charge in [-0.05, 0) is 20.8 Å². The highest BCUT2D eigenvalue weighted by molar-refractivity contribution is 6.05. The molecule has 1 heterocycles. The van der Waals surface area contributed by atoms with Gasteiger partial charge in [0, 0.05) is 13.6 Å². The maximum absolute atomic E-state index is 12.0. The molecule has 1 aliphatic rings. The molecule has 1 rings (SSSR count). The van der Waals surface area contributed by atoms with Crippen LogP contribution in [0, 0.1) is 0 Å². The molecule has 0 radical (unpaired) electrons. The van der Waals surface area contributed by atoms with E-state index < -0.39 is 5.54 Å². The van der Waals surface area contributed by atoms with Gasteiger partial charge in [0.2, 0.25) is 17.7 Å². The Kier molecular flexibility index (Phi) is 3.87. The molecule has 0 spiro atoms. The molecule has 0 aromatic rings. The van der Waals surface area contributed by atoms with Crippen LogP contribution in [0.5, 0.6) is 0 Å². The third-order valence-electron chi connectivity index (χ3n) is 2.96. The van der Waals surface area contributed by atoms with Gasteiger partial charge in [-0.25, -0.2) is 0 Å². The van der Waals surface area contributed by atoms with Crippen LogP contribution in [0.25, 0.3) is 0 Å². The topological polar surface area (TPSA) is 69.7 Å². The van der Waals surface area contributed by atoms with Crippen LogP contribution in [0.1, 0.15) is 20.8 Å². The number of nitrogens with zero attached hydrogens (tertiary/aromatic N) is 2. The molecule has 96 valence electrons. The predicted octanol–water partition coefficient (Wildman–Crippen LogP) is -0.798. The van der Waals surface area contributed by atoms with E-state index >= 15 is 0 Å². The second-order valence-corrected chi connectivity index (χ2v) is 4.67. The van der Waals surface area contributed by atoms with Crippen LogP contribution in [0.3, 0.4) is 0 Å². The van der Waals surface area contributed by atoms with Gasteiger partial charge >= 0.3 is 0 Å². The van der Waals surface area contributed by atoms with Gasteiger partial charge in [0.05, 0.1) is 12.1 Å². The maximum atomic E-state index is 12.0. The molecule has 1 N–H and O–H groups in total. The summed E-state index contributed by atoms with van der Waals surface area (Å²) in [6, 6.07) is 0. The first-order valence-corrected chi connectivity index (χ1v) is 5.63. The first kappa shape index (κ1) is 13.6. The third kappa shape index (κ3) is 2.82. The number of amides is 3. The van der Waals surface area contributed by atoms with E-state index in [-0.39, 0.29) is 30.8 Å². The lowest BCUT2D eigenvalue weighted by atomic mass is 10.0. The molecule has 17 heavy (non-hydrogen) atoms. The fourth-order valence-electron chi connectivity index (χ4n) is 1.51. The van der Waals surface area contributed by atoms with Crippen molar-refractivity contribution in [1.29, 1.82) is 0 Å². The fourth-order valence-corrected chi connectivity index (χ4v) is 1.51. The van der Waals surface area contributed by atoms with Crippen molar-refractivity contribution >= 4 is 17.7 Å². The summed E-state index contributed by atoms with van der Waals surface area (Å²) in [5.74, 6) is -0.939. The van der Waals surface area contributed by atoms with E-state index in [0.717, 1.165) is 4.90 Å². The minimum atomic E-state index is -0.793. The van der Waals surface area contributed by atoms with E-state index in [1.165, 1.54) is 4.90 Å². The van der Waals surface area contributed by atoms with Gasteiger partial charge in [0.25, 0.3) is 0 Å². The van der Waals surface area contributed by atoms with Gasteiger partial charge in [-0.15, -0.1) is 0 Å². The van der Waals surface area contributed by atoms with Gasteiger partial charge in [-0.2, -0.15) is 0 Å². The Morgan fingerprint density at radius 2 is 2.06 bits per heavy atom. The van der Waals surface area contributed by atoms with E-state index in [4.69, 9.17) is 0 Å². The number of carbonyl (C=O) groups is 3. The van der Waals surface area contributed by atoms with Gasteiger partial charge < -0.3 is 4.90 Å².